The van der Waals surface area contributed by atoms with Crippen LogP contribution in [0.5, 0.6) is 0 Å². The van der Waals surface area contributed by atoms with E-state index in [-0.39, 0.29) is 11.4 Å². The number of carbonyl (C=O) groups excluding carboxylic acids is 2. The highest BCUT2D eigenvalue weighted by atomic mass is 35.5. The maximum Gasteiger partial charge on any atom is 0.274 e. The molecule has 0 saturated heterocycles. The van der Waals surface area contributed by atoms with Gasteiger partial charge in [-0.05, 0) is 42.5 Å². The first-order valence-corrected chi connectivity index (χ1v) is 8.38. The Morgan fingerprint density at radius 3 is 2.12 bits per heavy atom. The summed E-state index contributed by atoms with van der Waals surface area (Å²) in [5, 5.41) is 6.14. The van der Waals surface area contributed by atoms with Gasteiger partial charge in [0.15, 0.2) is 0 Å². The number of para-hydroxylation sites is 1. The molecule has 0 radical (unpaired) electrons. The van der Waals surface area contributed by atoms with Crippen LogP contribution in [0.3, 0.4) is 0 Å². The van der Waals surface area contributed by atoms with Gasteiger partial charge in [0.25, 0.3) is 11.8 Å². The molecule has 0 atom stereocenters. The minimum Gasteiger partial charge on any atom is -0.321 e. The average molecular weight is 386 g/mol. The number of amides is 2. The number of rotatable bonds is 4. The van der Waals surface area contributed by atoms with Crippen LogP contribution in [0.1, 0.15) is 21.0 Å². The monoisotopic (exact) mass is 385 g/mol. The summed E-state index contributed by atoms with van der Waals surface area (Å²) in [5.74, 6) is -0.907. The minimum absolute atomic E-state index is 0.0850. The Morgan fingerprint density at radius 2 is 1.42 bits per heavy atom. The van der Waals surface area contributed by atoms with Crippen molar-refractivity contribution in [2.45, 2.75) is 0 Å². The maximum atomic E-state index is 12.4. The third-order valence-corrected chi connectivity index (χ3v) is 3.99. The van der Waals surface area contributed by atoms with Crippen LogP contribution in [0.15, 0.2) is 66.7 Å². The van der Waals surface area contributed by atoms with E-state index in [0.29, 0.717) is 21.4 Å². The van der Waals surface area contributed by atoms with Crippen molar-refractivity contribution in [3.05, 3.63) is 88.2 Å². The van der Waals surface area contributed by atoms with Crippen LogP contribution in [-0.4, -0.2) is 16.8 Å². The van der Waals surface area contributed by atoms with E-state index in [4.69, 9.17) is 23.2 Å². The SMILES string of the molecule is O=C(Nc1ccccc1)c1cccc(C(=O)Nc2cc(Cl)ccc2Cl)n1. The lowest BCUT2D eigenvalue weighted by Crippen LogP contribution is -2.18. The van der Waals surface area contributed by atoms with E-state index >= 15 is 0 Å². The quantitative estimate of drug-likeness (QED) is 0.671. The van der Waals surface area contributed by atoms with Crippen LogP contribution in [0.2, 0.25) is 10.0 Å². The number of anilines is 2. The van der Waals surface area contributed by atoms with Crippen LogP contribution in [-0.2, 0) is 0 Å². The molecular weight excluding hydrogens is 373 g/mol. The Labute approximate surface area is 160 Å². The lowest BCUT2D eigenvalue weighted by molar-refractivity contribution is 0.101. The van der Waals surface area contributed by atoms with Crippen LogP contribution >= 0.6 is 23.2 Å². The number of nitrogens with one attached hydrogen (secondary N) is 2. The molecule has 0 unspecified atom stereocenters. The summed E-state index contributed by atoms with van der Waals surface area (Å²) < 4.78 is 0. The van der Waals surface area contributed by atoms with Crippen molar-refractivity contribution in [1.82, 2.24) is 4.98 Å². The van der Waals surface area contributed by atoms with Crippen molar-refractivity contribution >= 4 is 46.4 Å². The van der Waals surface area contributed by atoms with Gasteiger partial charge in [0.2, 0.25) is 0 Å². The van der Waals surface area contributed by atoms with Crippen LogP contribution in [0.4, 0.5) is 11.4 Å². The highest BCUT2D eigenvalue weighted by Crippen LogP contribution is 2.25. The molecule has 0 bridgehead atoms. The molecule has 0 aliphatic rings. The number of hydrogen-bond donors (Lipinski definition) is 2. The zero-order valence-corrected chi connectivity index (χ0v) is 14.9. The second-order valence-electron chi connectivity index (χ2n) is 5.31. The summed E-state index contributed by atoms with van der Waals surface area (Å²) >= 11 is 12.0. The molecule has 0 aliphatic heterocycles. The maximum absolute atomic E-state index is 12.4. The fraction of sp³-hybridized carbons (Fsp3) is 0. The molecule has 2 N–H and O–H groups in total. The largest absolute Gasteiger partial charge is 0.321 e. The zero-order chi connectivity index (χ0) is 18.5. The van der Waals surface area contributed by atoms with Crippen molar-refractivity contribution in [3.63, 3.8) is 0 Å². The molecule has 26 heavy (non-hydrogen) atoms. The number of pyridine rings is 1. The first kappa shape index (κ1) is 17.9. The number of aromatic nitrogens is 1. The van der Waals surface area contributed by atoms with Crippen LogP contribution in [0.25, 0.3) is 0 Å². The Hall–Kier alpha value is -2.89. The van der Waals surface area contributed by atoms with Crippen LogP contribution < -0.4 is 10.6 Å². The molecule has 7 heteroatoms. The normalized spacial score (nSPS) is 10.2. The van der Waals surface area contributed by atoms with Crippen molar-refractivity contribution in [2.24, 2.45) is 0 Å². The third kappa shape index (κ3) is 4.39. The number of halogens is 2. The number of nitrogens with zero attached hydrogens (tertiary/aromatic N) is 1. The van der Waals surface area contributed by atoms with Gasteiger partial charge < -0.3 is 10.6 Å². The molecule has 2 aromatic carbocycles. The highest BCUT2D eigenvalue weighted by Gasteiger charge is 2.14. The van der Waals surface area contributed by atoms with Gasteiger partial charge in [-0.2, -0.15) is 0 Å². The van der Waals surface area contributed by atoms with E-state index in [1.54, 1.807) is 30.3 Å². The van der Waals surface area contributed by atoms with E-state index in [0.717, 1.165) is 0 Å². The predicted molar refractivity (Wildman–Crippen MR) is 103 cm³/mol. The highest BCUT2D eigenvalue weighted by molar-refractivity contribution is 6.35. The molecule has 1 heterocycles. The predicted octanol–water partition coefficient (Wildman–Crippen LogP) is 4.89. The summed E-state index contributed by atoms with van der Waals surface area (Å²) in [6.45, 7) is 0. The number of hydrogen-bond acceptors (Lipinski definition) is 3. The summed E-state index contributed by atoms with van der Waals surface area (Å²) in [5.41, 5.74) is 1.21. The smallest absolute Gasteiger partial charge is 0.274 e. The summed E-state index contributed by atoms with van der Waals surface area (Å²) in [7, 11) is 0. The molecule has 5 nitrogen and oxygen atoms in total. The molecule has 0 fully saturated rings. The topological polar surface area (TPSA) is 71.1 Å². The van der Waals surface area contributed by atoms with E-state index in [9.17, 15) is 9.59 Å². The fourth-order valence-corrected chi connectivity index (χ4v) is 2.52. The third-order valence-electron chi connectivity index (χ3n) is 3.42. The molecule has 130 valence electrons. The average Bonchev–Trinajstić information content (AvgIpc) is 2.65. The van der Waals surface area contributed by atoms with E-state index < -0.39 is 11.8 Å². The van der Waals surface area contributed by atoms with Gasteiger partial charge in [0, 0.05) is 10.7 Å². The standard InChI is InChI=1S/C19H13Cl2N3O2/c20-12-9-10-14(21)17(11-12)24-19(26)16-8-4-7-15(23-16)18(25)22-13-5-2-1-3-6-13/h1-11H,(H,22,25)(H,24,26). The molecule has 0 aliphatic carbocycles. The number of benzene rings is 2. The van der Waals surface area contributed by atoms with Gasteiger partial charge in [-0.1, -0.05) is 47.5 Å². The fourth-order valence-electron chi connectivity index (χ4n) is 2.18. The molecule has 3 aromatic rings. The second kappa shape index (κ2) is 7.99. The zero-order valence-electron chi connectivity index (χ0n) is 13.4. The molecule has 3 rings (SSSR count). The van der Waals surface area contributed by atoms with Crippen molar-refractivity contribution in [3.8, 4) is 0 Å². The van der Waals surface area contributed by atoms with Crippen molar-refractivity contribution in [1.29, 1.82) is 0 Å². The molecular formula is C19H13Cl2N3O2. The lowest BCUT2D eigenvalue weighted by atomic mass is 10.2. The first-order valence-electron chi connectivity index (χ1n) is 7.63. The van der Waals surface area contributed by atoms with Gasteiger partial charge in [-0.15, -0.1) is 0 Å². The minimum atomic E-state index is -0.497. The molecule has 1 aromatic heterocycles. The second-order valence-corrected chi connectivity index (χ2v) is 6.15. The van der Waals surface area contributed by atoms with Gasteiger partial charge in [0.05, 0.1) is 10.7 Å². The summed E-state index contributed by atoms with van der Waals surface area (Å²) in [4.78, 5) is 28.8. The van der Waals surface area contributed by atoms with Gasteiger partial charge in [-0.25, -0.2) is 4.98 Å². The van der Waals surface area contributed by atoms with E-state index in [1.807, 2.05) is 18.2 Å². The van der Waals surface area contributed by atoms with Gasteiger partial charge in [0.1, 0.15) is 11.4 Å². The molecule has 0 spiro atoms. The van der Waals surface area contributed by atoms with Gasteiger partial charge in [-0.3, -0.25) is 9.59 Å². The van der Waals surface area contributed by atoms with Crippen LogP contribution in [0, 0.1) is 0 Å². The summed E-state index contributed by atoms with van der Waals surface area (Å²) in [6.07, 6.45) is 0. The Balaban J connectivity index is 1.77. The molecule has 2 amide bonds. The lowest BCUT2D eigenvalue weighted by Gasteiger charge is -2.09. The Morgan fingerprint density at radius 1 is 0.769 bits per heavy atom. The van der Waals surface area contributed by atoms with E-state index in [2.05, 4.69) is 15.6 Å². The Kier molecular flexibility index (Phi) is 5.51. The first-order chi connectivity index (χ1) is 12.5. The van der Waals surface area contributed by atoms with Gasteiger partial charge >= 0.3 is 0 Å². The van der Waals surface area contributed by atoms with E-state index in [1.165, 1.54) is 18.2 Å². The number of carbonyl (C=O) groups is 2. The van der Waals surface area contributed by atoms with Crippen molar-refractivity contribution in [2.75, 3.05) is 10.6 Å². The van der Waals surface area contributed by atoms with Crippen molar-refractivity contribution < 1.29 is 9.59 Å². The Bertz CT molecular complexity index is 962. The summed E-state index contributed by atoms with van der Waals surface area (Å²) in [6, 6.07) is 18.3. The molecule has 0 saturated carbocycles.